The fraction of sp³-hybridized carbons (Fsp3) is 0.442. The number of fused-ring (bicyclic) bond motifs is 4. The van der Waals surface area contributed by atoms with Gasteiger partial charge in [0.1, 0.15) is 0 Å². The van der Waals surface area contributed by atoms with E-state index in [0.717, 1.165) is 25.2 Å². The first-order valence-electron chi connectivity index (χ1n) is 18.8. The summed E-state index contributed by atoms with van der Waals surface area (Å²) in [5.74, 6) is 0. The van der Waals surface area contributed by atoms with Crippen molar-refractivity contribution in [2.75, 3.05) is 68.8 Å². The number of likely N-dealkylation sites (tertiary alicyclic amines) is 2. The molecule has 4 heterocycles. The number of piperidine rings is 2. The second-order valence-corrected chi connectivity index (χ2v) is 17.9. The monoisotopic (exact) mass is 824 g/mol. The first-order valence-corrected chi connectivity index (χ1v) is 23.8. The molecule has 0 aliphatic carbocycles. The minimum absolute atomic E-state index is 0. The lowest BCUT2D eigenvalue weighted by Crippen LogP contribution is -2.38. The predicted molar refractivity (Wildman–Crippen MR) is 244 cm³/mol. The van der Waals surface area contributed by atoms with Crippen LogP contribution in [-0.2, 0) is 0 Å². The number of benzene rings is 4. The second-order valence-electron chi connectivity index (χ2n) is 13.9. The SMILES string of the molecule is CS.CSc1ccc2c(c1)N(CCC1CCCCN1C)c1ccccc1S2.CSc1ccc2c(c1)N(CCC1CCCCN1C)c1ccccc1S2.Cl. The van der Waals surface area contributed by atoms with E-state index in [1.165, 1.54) is 117 Å². The van der Waals surface area contributed by atoms with Gasteiger partial charge in [-0.1, -0.05) is 60.6 Å². The van der Waals surface area contributed by atoms with Crippen LogP contribution in [0.5, 0.6) is 0 Å². The summed E-state index contributed by atoms with van der Waals surface area (Å²) < 4.78 is 0. The molecule has 10 heteroatoms. The molecule has 2 saturated heterocycles. The van der Waals surface area contributed by atoms with Crippen LogP contribution < -0.4 is 9.80 Å². The molecule has 2 unspecified atom stereocenters. The van der Waals surface area contributed by atoms with Crippen LogP contribution in [0.15, 0.2) is 114 Å². The Morgan fingerprint density at radius 2 is 0.962 bits per heavy atom. The summed E-state index contributed by atoms with van der Waals surface area (Å²) in [6.07, 6.45) is 16.7. The highest BCUT2D eigenvalue weighted by Gasteiger charge is 2.27. The summed E-state index contributed by atoms with van der Waals surface area (Å²) in [7, 11) is 4.59. The lowest BCUT2D eigenvalue weighted by Gasteiger charge is -2.37. The van der Waals surface area contributed by atoms with Crippen LogP contribution >= 0.6 is 72.1 Å². The van der Waals surface area contributed by atoms with Crippen LogP contribution in [-0.4, -0.2) is 80.9 Å². The number of halogens is 1. The van der Waals surface area contributed by atoms with Gasteiger partial charge in [0, 0.05) is 54.5 Å². The molecule has 0 saturated carbocycles. The fourth-order valence-electron chi connectivity index (χ4n) is 7.93. The summed E-state index contributed by atoms with van der Waals surface area (Å²) in [5.41, 5.74) is 5.51. The van der Waals surface area contributed by atoms with Gasteiger partial charge >= 0.3 is 0 Å². The maximum Gasteiger partial charge on any atom is 0.0564 e. The topological polar surface area (TPSA) is 13.0 Å². The van der Waals surface area contributed by atoms with Crippen LogP contribution in [0.1, 0.15) is 51.4 Å². The molecule has 4 nitrogen and oxygen atoms in total. The summed E-state index contributed by atoms with van der Waals surface area (Å²) in [6.45, 7) is 4.70. The van der Waals surface area contributed by atoms with Gasteiger partial charge in [0.15, 0.2) is 0 Å². The highest BCUT2D eigenvalue weighted by molar-refractivity contribution is 8.00. The van der Waals surface area contributed by atoms with Crippen LogP contribution in [0.2, 0.25) is 0 Å². The van der Waals surface area contributed by atoms with Crippen molar-refractivity contribution in [2.45, 2.75) is 92.8 Å². The van der Waals surface area contributed by atoms with Crippen molar-refractivity contribution in [3.63, 3.8) is 0 Å². The molecular formula is C43H57ClN4S5. The van der Waals surface area contributed by atoms with Crippen molar-refractivity contribution in [2.24, 2.45) is 0 Å². The molecule has 4 aliphatic rings. The number of nitrogens with zero attached hydrogens (tertiary/aromatic N) is 4. The zero-order valence-corrected chi connectivity index (χ0v) is 37.0. The van der Waals surface area contributed by atoms with Crippen molar-refractivity contribution in [3.8, 4) is 0 Å². The molecule has 4 aromatic rings. The maximum atomic E-state index is 3.53. The van der Waals surface area contributed by atoms with E-state index >= 15 is 0 Å². The van der Waals surface area contributed by atoms with Gasteiger partial charge in [-0.05, 0) is 145 Å². The average molecular weight is 826 g/mol. The number of anilines is 4. The summed E-state index contributed by atoms with van der Waals surface area (Å²) in [5, 5.41) is 0. The molecule has 53 heavy (non-hydrogen) atoms. The van der Waals surface area contributed by atoms with E-state index in [-0.39, 0.29) is 12.4 Å². The molecule has 2 atom stereocenters. The first kappa shape index (κ1) is 42.6. The minimum Gasteiger partial charge on any atom is -0.340 e. The van der Waals surface area contributed by atoms with Crippen molar-refractivity contribution >= 4 is 94.8 Å². The van der Waals surface area contributed by atoms with Gasteiger partial charge in [0.25, 0.3) is 0 Å². The zero-order valence-electron chi connectivity index (χ0n) is 32.0. The smallest absolute Gasteiger partial charge is 0.0564 e. The number of thioether (sulfide) groups is 2. The maximum absolute atomic E-state index is 3.53. The molecule has 0 spiro atoms. The standard InChI is InChI=1S/2C21H26N2S2.CH4S.ClH/c2*1-22-13-6-5-7-16(22)12-14-23-18-8-3-4-9-20(18)25-21-11-10-17(24-2)15-19(21)23;1-2;/h2*3-4,8-11,15-16H,5-7,12-14H2,1-2H3;2H,1H3;1H. The zero-order chi connectivity index (χ0) is 36.5. The van der Waals surface area contributed by atoms with E-state index in [1.54, 1.807) is 6.26 Å². The average Bonchev–Trinajstić information content (AvgIpc) is 3.20. The Labute approximate surface area is 348 Å². The molecule has 0 bridgehead atoms. The molecule has 2 fully saturated rings. The Bertz CT molecular complexity index is 1630. The molecule has 0 aromatic heterocycles. The lowest BCUT2D eigenvalue weighted by atomic mass is 9.99. The van der Waals surface area contributed by atoms with Gasteiger partial charge in [-0.15, -0.1) is 35.9 Å². The van der Waals surface area contributed by atoms with Gasteiger partial charge in [-0.2, -0.15) is 12.6 Å². The van der Waals surface area contributed by atoms with E-state index in [4.69, 9.17) is 0 Å². The third-order valence-electron chi connectivity index (χ3n) is 10.9. The van der Waals surface area contributed by atoms with Crippen LogP contribution in [0.4, 0.5) is 22.7 Å². The Morgan fingerprint density at radius 1 is 0.566 bits per heavy atom. The molecule has 0 amide bonds. The molecule has 8 rings (SSSR count). The third-order valence-corrected chi connectivity index (χ3v) is 14.6. The Kier molecular flexibility index (Phi) is 17.0. The van der Waals surface area contributed by atoms with Gasteiger partial charge in [-0.3, -0.25) is 0 Å². The van der Waals surface area contributed by atoms with Gasteiger partial charge in [0.2, 0.25) is 0 Å². The number of para-hydroxylation sites is 2. The summed E-state index contributed by atoms with van der Waals surface area (Å²) >= 11 is 11.0. The molecule has 4 aromatic carbocycles. The molecular weight excluding hydrogens is 768 g/mol. The summed E-state index contributed by atoms with van der Waals surface area (Å²) in [6, 6.07) is 33.0. The lowest BCUT2D eigenvalue weighted by molar-refractivity contribution is 0.178. The van der Waals surface area contributed by atoms with E-state index in [9.17, 15) is 0 Å². The van der Waals surface area contributed by atoms with E-state index in [0.29, 0.717) is 0 Å². The molecule has 0 N–H and O–H groups in total. The van der Waals surface area contributed by atoms with E-state index in [2.05, 4.69) is 144 Å². The third kappa shape index (κ3) is 10.4. The quantitative estimate of drug-likeness (QED) is 0.138. The Hall–Kier alpha value is -1.56. The van der Waals surface area contributed by atoms with Crippen LogP contribution in [0, 0.1) is 0 Å². The molecule has 286 valence electrons. The fourth-order valence-corrected chi connectivity index (χ4v) is 10.9. The predicted octanol–water partition coefficient (Wildman–Crippen LogP) is 12.7. The molecule has 0 radical (unpaired) electrons. The van der Waals surface area contributed by atoms with E-state index in [1.807, 2.05) is 47.0 Å². The van der Waals surface area contributed by atoms with Crippen LogP contribution in [0.25, 0.3) is 0 Å². The number of hydrogen-bond donors (Lipinski definition) is 1. The second kappa shape index (κ2) is 21.1. The van der Waals surface area contributed by atoms with Gasteiger partial charge in [-0.25, -0.2) is 0 Å². The van der Waals surface area contributed by atoms with Crippen molar-refractivity contribution < 1.29 is 0 Å². The highest BCUT2D eigenvalue weighted by atomic mass is 35.5. The van der Waals surface area contributed by atoms with E-state index < -0.39 is 0 Å². The number of hydrogen-bond acceptors (Lipinski definition) is 9. The van der Waals surface area contributed by atoms with Crippen LogP contribution in [0.3, 0.4) is 0 Å². The highest BCUT2D eigenvalue weighted by Crippen LogP contribution is 2.50. The van der Waals surface area contributed by atoms with Crippen molar-refractivity contribution in [1.82, 2.24) is 9.80 Å². The Balaban J connectivity index is 0.000000192. The largest absolute Gasteiger partial charge is 0.340 e. The minimum atomic E-state index is 0. The summed E-state index contributed by atoms with van der Waals surface area (Å²) in [4.78, 5) is 18.5. The van der Waals surface area contributed by atoms with Gasteiger partial charge < -0.3 is 19.6 Å². The Morgan fingerprint density at radius 3 is 1.36 bits per heavy atom. The number of thiol groups is 1. The van der Waals surface area contributed by atoms with Crippen molar-refractivity contribution in [3.05, 3.63) is 84.9 Å². The van der Waals surface area contributed by atoms with Crippen molar-refractivity contribution in [1.29, 1.82) is 0 Å². The molecule has 4 aliphatic heterocycles. The first-order chi connectivity index (χ1) is 25.5. The number of rotatable bonds is 8. The normalized spacial score (nSPS) is 19.2. The van der Waals surface area contributed by atoms with Gasteiger partial charge in [0.05, 0.1) is 22.7 Å².